The van der Waals surface area contributed by atoms with E-state index in [9.17, 15) is 0 Å². The van der Waals surface area contributed by atoms with Crippen LogP contribution < -0.4 is 15.4 Å². The fourth-order valence-electron chi connectivity index (χ4n) is 3.32. The lowest BCUT2D eigenvalue weighted by Crippen LogP contribution is -2.36. The maximum absolute atomic E-state index is 6.03. The molecule has 1 fully saturated rings. The van der Waals surface area contributed by atoms with Gasteiger partial charge in [0, 0.05) is 38.9 Å². The van der Waals surface area contributed by atoms with Gasteiger partial charge < -0.3 is 24.8 Å². The molecule has 3 rings (SSSR count). The number of hydrogen-bond donors (Lipinski definition) is 2. The largest absolute Gasteiger partial charge is 0.496 e. The van der Waals surface area contributed by atoms with Crippen LogP contribution in [0.2, 0.25) is 0 Å². The third-order valence-corrected chi connectivity index (χ3v) is 4.97. The Labute approximate surface area is 196 Å². The molecule has 1 saturated heterocycles. The van der Waals surface area contributed by atoms with Crippen LogP contribution in [0.15, 0.2) is 53.5 Å². The molecule has 1 aliphatic heterocycles. The van der Waals surface area contributed by atoms with Crippen LogP contribution in [-0.4, -0.2) is 39.4 Å². The minimum atomic E-state index is 0. The van der Waals surface area contributed by atoms with E-state index >= 15 is 0 Å². The minimum absolute atomic E-state index is 0. The first-order valence-electron chi connectivity index (χ1n) is 10.1. The van der Waals surface area contributed by atoms with E-state index < -0.39 is 0 Å². The molecule has 2 aromatic carbocycles. The van der Waals surface area contributed by atoms with Gasteiger partial charge in [-0.1, -0.05) is 42.5 Å². The van der Waals surface area contributed by atoms with Crippen molar-refractivity contribution in [3.05, 3.63) is 65.2 Å². The first kappa shape index (κ1) is 24.4. The lowest BCUT2D eigenvalue weighted by Gasteiger charge is -2.22. The third kappa shape index (κ3) is 7.77. The summed E-state index contributed by atoms with van der Waals surface area (Å²) in [5.41, 5.74) is 3.47. The van der Waals surface area contributed by atoms with Crippen molar-refractivity contribution in [3.63, 3.8) is 0 Å². The Morgan fingerprint density at radius 3 is 2.53 bits per heavy atom. The van der Waals surface area contributed by atoms with E-state index in [4.69, 9.17) is 14.2 Å². The fraction of sp³-hybridized carbons (Fsp3) is 0.435. The highest BCUT2D eigenvalue weighted by atomic mass is 127. The van der Waals surface area contributed by atoms with Gasteiger partial charge in [-0.25, -0.2) is 0 Å². The molecule has 0 aromatic heterocycles. The number of benzene rings is 2. The monoisotopic (exact) mass is 525 g/mol. The summed E-state index contributed by atoms with van der Waals surface area (Å²) in [5, 5.41) is 6.70. The zero-order chi connectivity index (χ0) is 20.3. The summed E-state index contributed by atoms with van der Waals surface area (Å²) >= 11 is 0. The number of para-hydroxylation sites is 1. The molecule has 0 atom stereocenters. The molecule has 0 amide bonds. The van der Waals surface area contributed by atoms with Gasteiger partial charge in [0.2, 0.25) is 0 Å². The Morgan fingerprint density at radius 1 is 1.03 bits per heavy atom. The Kier molecular flexibility index (Phi) is 11.0. The summed E-state index contributed by atoms with van der Waals surface area (Å²) in [4.78, 5) is 4.31. The number of rotatable bonds is 8. The number of hydrogen-bond acceptors (Lipinski definition) is 4. The average molecular weight is 525 g/mol. The summed E-state index contributed by atoms with van der Waals surface area (Å²) in [7, 11) is 3.46. The number of aliphatic imine (C=N–C) groups is 1. The first-order chi connectivity index (χ1) is 14.3. The SMILES string of the molecule is CN=C(NCc1cccc(COC2CCOCC2)c1)NCc1ccccc1OC.I. The molecule has 7 heteroatoms. The summed E-state index contributed by atoms with van der Waals surface area (Å²) in [6.45, 7) is 3.57. The van der Waals surface area contributed by atoms with Crippen LogP contribution in [0.4, 0.5) is 0 Å². The Hall–Kier alpha value is -1.84. The van der Waals surface area contributed by atoms with Crippen molar-refractivity contribution in [2.45, 2.75) is 38.6 Å². The molecule has 30 heavy (non-hydrogen) atoms. The van der Waals surface area contributed by atoms with Crippen molar-refractivity contribution in [3.8, 4) is 5.75 Å². The second kappa shape index (κ2) is 13.5. The molecule has 2 N–H and O–H groups in total. The molecule has 0 saturated carbocycles. The van der Waals surface area contributed by atoms with E-state index in [1.165, 1.54) is 11.1 Å². The van der Waals surface area contributed by atoms with Gasteiger partial charge in [-0.2, -0.15) is 0 Å². The van der Waals surface area contributed by atoms with Crippen molar-refractivity contribution < 1.29 is 14.2 Å². The van der Waals surface area contributed by atoms with Crippen LogP contribution in [0.5, 0.6) is 5.75 Å². The number of nitrogens with zero attached hydrogens (tertiary/aromatic N) is 1. The molecule has 6 nitrogen and oxygen atoms in total. The predicted octanol–water partition coefficient (Wildman–Crippen LogP) is 3.87. The highest BCUT2D eigenvalue weighted by molar-refractivity contribution is 14.0. The molecule has 2 aromatic rings. The van der Waals surface area contributed by atoms with Crippen LogP contribution >= 0.6 is 24.0 Å². The van der Waals surface area contributed by atoms with Crippen LogP contribution in [-0.2, 0) is 29.2 Å². The van der Waals surface area contributed by atoms with Crippen molar-refractivity contribution in [2.75, 3.05) is 27.4 Å². The molecule has 0 radical (unpaired) electrons. The minimum Gasteiger partial charge on any atom is -0.496 e. The molecule has 0 unspecified atom stereocenters. The summed E-state index contributed by atoms with van der Waals surface area (Å²) < 4.78 is 16.8. The summed E-state index contributed by atoms with van der Waals surface area (Å²) in [6.07, 6.45) is 2.27. The number of guanidine groups is 1. The standard InChI is InChI=1S/C23H31N3O3.HI/c1-24-23(26-16-20-8-3-4-9-22(20)27-2)25-15-18-6-5-7-19(14-18)17-29-21-10-12-28-13-11-21;/h3-9,14,21H,10-13,15-17H2,1-2H3,(H2,24,25,26);1H. The van der Waals surface area contributed by atoms with Gasteiger partial charge >= 0.3 is 0 Å². The molecular formula is C23H32IN3O3. The van der Waals surface area contributed by atoms with E-state index in [1.54, 1.807) is 14.2 Å². The molecule has 1 heterocycles. The smallest absolute Gasteiger partial charge is 0.191 e. The number of nitrogens with one attached hydrogen (secondary N) is 2. The number of halogens is 1. The molecule has 0 spiro atoms. The average Bonchev–Trinajstić information content (AvgIpc) is 2.79. The van der Waals surface area contributed by atoms with Gasteiger partial charge in [-0.15, -0.1) is 24.0 Å². The van der Waals surface area contributed by atoms with Crippen molar-refractivity contribution in [1.82, 2.24) is 10.6 Å². The molecule has 0 bridgehead atoms. The van der Waals surface area contributed by atoms with E-state index in [0.717, 1.165) is 43.3 Å². The van der Waals surface area contributed by atoms with Crippen LogP contribution in [0.3, 0.4) is 0 Å². The highest BCUT2D eigenvalue weighted by Gasteiger charge is 2.14. The van der Waals surface area contributed by atoms with Gasteiger partial charge in [0.1, 0.15) is 5.75 Å². The second-order valence-corrected chi connectivity index (χ2v) is 7.03. The quantitative estimate of drug-likeness (QED) is 0.311. The van der Waals surface area contributed by atoms with Crippen LogP contribution in [0.1, 0.15) is 29.5 Å². The van der Waals surface area contributed by atoms with Crippen LogP contribution in [0.25, 0.3) is 0 Å². The lowest BCUT2D eigenvalue weighted by atomic mass is 10.1. The van der Waals surface area contributed by atoms with Crippen molar-refractivity contribution in [2.24, 2.45) is 4.99 Å². The van der Waals surface area contributed by atoms with Gasteiger partial charge in [0.25, 0.3) is 0 Å². The predicted molar refractivity (Wildman–Crippen MR) is 131 cm³/mol. The molecule has 164 valence electrons. The summed E-state index contributed by atoms with van der Waals surface area (Å²) in [5.74, 6) is 1.62. The second-order valence-electron chi connectivity index (χ2n) is 7.03. The van der Waals surface area contributed by atoms with E-state index in [0.29, 0.717) is 25.8 Å². The normalized spacial score (nSPS) is 14.7. The number of ether oxygens (including phenoxy) is 3. The van der Waals surface area contributed by atoms with E-state index in [2.05, 4.69) is 39.9 Å². The van der Waals surface area contributed by atoms with Gasteiger partial charge in [-0.3, -0.25) is 4.99 Å². The fourth-order valence-corrected chi connectivity index (χ4v) is 3.32. The van der Waals surface area contributed by atoms with Gasteiger partial charge in [0.05, 0.1) is 19.8 Å². The lowest BCUT2D eigenvalue weighted by molar-refractivity contribution is -0.0390. The topological polar surface area (TPSA) is 64.1 Å². The number of methoxy groups -OCH3 is 1. The van der Waals surface area contributed by atoms with Gasteiger partial charge in [-0.05, 0) is 30.0 Å². The Balaban J connectivity index is 0.00000320. The maximum Gasteiger partial charge on any atom is 0.191 e. The van der Waals surface area contributed by atoms with Crippen molar-refractivity contribution in [1.29, 1.82) is 0 Å². The van der Waals surface area contributed by atoms with Crippen LogP contribution in [0, 0.1) is 0 Å². The summed E-state index contributed by atoms with van der Waals surface area (Å²) in [6, 6.07) is 16.4. The molecule has 0 aliphatic carbocycles. The zero-order valence-electron chi connectivity index (χ0n) is 17.7. The first-order valence-corrected chi connectivity index (χ1v) is 10.1. The van der Waals surface area contributed by atoms with Crippen molar-refractivity contribution >= 4 is 29.9 Å². The third-order valence-electron chi connectivity index (χ3n) is 4.97. The maximum atomic E-state index is 6.03. The van der Waals surface area contributed by atoms with E-state index in [1.807, 2.05) is 24.3 Å². The van der Waals surface area contributed by atoms with E-state index in [-0.39, 0.29) is 24.0 Å². The Morgan fingerprint density at radius 2 is 1.77 bits per heavy atom. The Bertz CT molecular complexity index is 795. The highest BCUT2D eigenvalue weighted by Crippen LogP contribution is 2.17. The molecular weight excluding hydrogens is 493 g/mol. The zero-order valence-corrected chi connectivity index (χ0v) is 20.1. The molecule has 1 aliphatic rings. The van der Waals surface area contributed by atoms with Gasteiger partial charge in [0.15, 0.2) is 5.96 Å².